The van der Waals surface area contributed by atoms with Crippen LogP contribution in [0.5, 0.6) is 0 Å². The molecule has 6 heteroatoms. The van der Waals surface area contributed by atoms with E-state index < -0.39 is 18.7 Å². The molecule has 0 fully saturated rings. The number of rotatable bonds is 6. The smallest absolute Gasteiger partial charge is 0.337 e. The average Bonchev–Trinajstić information content (AvgIpc) is 2.37. The molecule has 0 aliphatic rings. The summed E-state index contributed by atoms with van der Waals surface area (Å²) < 4.78 is 0. The van der Waals surface area contributed by atoms with Crippen molar-refractivity contribution >= 4 is 23.4 Å². The monoisotopic (exact) mass is 272 g/mol. The number of alkyl halides is 1. The molecule has 0 spiro atoms. The molecule has 1 rings (SSSR count). The Morgan fingerprint density at radius 3 is 2.39 bits per heavy atom. The van der Waals surface area contributed by atoms with Gasteiger partial charge in [0.2, 0.25) is 0 Å². The van der Waals surface area contributed by atoms with Crippen LogP contribution in [0.1, 0.15) is 22.8 Å². The number of aliphatic hydroxyl groups excluding tert-OH is 2. The molecule has 0 aliphatic carbocycles. The summed E-state index contributed by atoms with van der Waals surface area (Å²) in [6.07, 6.45) is -1.84. The lowest BCUT2D eigenvalue weighted by Crippen LogP contribution is -2.17. The number of carboxylic acids is 1. The van der Waals surface area contributed by atoms with Crippen LogP contribution in [-0.2, 0) is 22.6 Å². The van der Waals surface area contributed by atoms with Gasteiger partial charge < -0.3 is 15.3 Å². The maximum atomic E-state index is 11.3. The van der Waals surface area contributed by atoms with Gasteiger partial charge >= 0.3 is 5.97 Å². The molecule has 0 aliphatic heterocycles. The van der Waals surface area contributed by atoms with Crippen LogP contribution in [0.15, 0.2) is 18.2 Å². The number of benzene rings is 1. The Morgan fingerprint density at radius 2 is 1.89 bits per heavy atom. The lowest BCUT2D eigenvalue weighted by Gasteiger charge is -2.15. The largest absolute Gasteiger partial charge is 0.479 e. The first-order valence-corrected chi connectivity index (χ1v) is 5.74. The molecule has 1 unspecified atom stereocenters. The van der Waals surface area contributed by atoms with Crippen LogP contribution in [0, 0.1) is 0 Å². The Kier molecular flexibility index (Phi) is 5.27. The molecule has 5 nitrogen and oxygen atoms in total. The van der Waals surface area contributed by atoms with Crippen molar-refractivity contribution in [1.82, 2.24) is 0 Å². The van der Waals surface area contributed by atoms with Crippen LogP contribution >= 0.6 is 11.6 Å². The van der Waals surface area contributed by atoms with Crippen molar-refractivity contribution in [3.8, 4) is 0 Å². The molecule has 0 amide bonds. The first-order valence-electron chi connectivity index (χ1n) is 5.21. The summed E-state index contributed by atoms with van der Waals surface area (Å²) in [7, 11) is 0. The Morgan fingerprint density at radius 1 is 1.28 bits per heavy atom. The molecule has 98 valence electrons. The molecule has 0 heterocycles. The van der Waals surface area contributed by atoms with Crippen molar-refractivity contribution in [2.45, 2.75) is 19.1 Å². The van der Waals surface area contributed by atoms with Gasteiger partial charge in [0.1, 0.15) is 0 Å². The zero-order chi connectivity index (χ0) is 13.7. The molecule has 1 aromatic carbocycles. The van der Waals surface area contributed by atoms with E-state index in [9.17, 15) is 14.7 Å². The molecular weight excluding hydrogens is 260 g/mol. The lowest BCUT2D eigenvalue weighted by atomic mass is 9.93. The van der Waals surface area contributed by atoms with Gasteiger partial charge in [0, 0.05) is 12.0 Å². The summed E-state index contributed by atoms with van der Waals surface area (Å²) in [5.74, 6) is -1.91. The van der Waals surface area contributed by atoms with E-state index in [4.69, 9.17) is 21.8 Å². The third-order valence-electron chi connectivity index (χ3n) is 2.50. The van der Waals surface area contributed by atoms with E-state index in [0.29, 0.717) is 5.56 Å². The number of carboxylic acid groups (broad SMARTS) is 1. The van der Waals surface area contributed by atoms with Crippen LogP contribution in [-0.4, -0.2) is 33.0 Å². The number of ketones is 1. The number of hydrogen-bond donors (Lipinski definition) is 3. The van der Waals surface area contributed by atoms with E-state index in [1.165, 1.54) is 12.1 Å². The summed E-state index contributed by atoms with van der Waals surface area (Å²) in [5, 5.41) is 27.6. The SMILES string of the molecule is O=C(CCl)Cc1cccc(CO)c1C(O)C(=O)O. The summed E-state index contributed by atoms with van der Waals surface area (Å²) in [6.45, 7) is -0.414. The fraction of sp³-hybridized carbons (Fsp3) is 0.333. The second kappa shape index (κ2) is 6.49. The highest BCUT2D eigenvalue weighted by Gasteiger charge is 2.23. The maximum absolute atomic E-state index is 11.3. The zero-order valence-corrected chi connectivity index (χ0v) is 10.2. The first-order chi connectivity index (χ1) is 8.51. The fourth-order valence-corrected chi connectivity index (χ4v) is 1.79. The molecule has 0 saturated heterocycles. The van der Waals surface area contributed by atoms with Crippen molar-refractivity contribution in [2.75, 3.05) is 5.88 Å². The van der Waals surface area contributed by atoms with Gasteiger partial charge in [-0.2, -0.15) is 0 Å². The van der Waals surface area contributed by atoms with Gasteiger partial charge in [-0.25, -0.2) is 4.79 Å². The van der Waals surface area contributed by atoms with Crippen molar-refractivity contribution < 1.29 is 24.9 Å². The third kappa shape index (κ3) is 3.29. The first kappa shape index (κ1) is 14.6. The number of carbonyl (C=O) groups is 2. The second-order valence-electron chi connectivity index (χ2n) is 3.74. The highest BCUT2D eigenvalue weighted by atomic mass is 35.5. The zero-order valence-electron chi connectivity index (χ0n) is 9.47. The normalized spacial score (nSPS) is 12.2. The number of Topliss-reactive ketones (excluding diaryl/α,β-unsaturated/α-hetero) is 1. The molecule has 18 heavy (non-hydrogen) atoms. The second-order valence-corrected chi connectivity index (χ2v) is 4.01. The molecule has 1 aromatic rings. The average molecular weight is 273 g/mol. The van der Waals surface area contributed by atoms with Crippen molar-refractivity contribution in [3.63, 3.8) is 0 Å². The van der Waals surface area contributed by atoms with Crippen LogP contribution in [0.2, 0.25) is 0 Å². The molecule has 0 saturated carbocycles. The summed E-state index contributed by atoms with van der Waals surface area (Å²) in [4.78, 5) is 22.1. The van der Waals surface area contributed by atoms with Gasteiger partial charge in [-0.3, -0.25) is 4.79 Å². The van der Waals surface area contributed by atoms with Crippen molar-refractivity contribution in [2.24, 2.45) is 0 Å². The predicted molar refractivity (Wildman–Crippen MR) is 64.4 cm³/mol. The van der Waals surface area contributed by atoms with Gasteiger partial charge in [0.15, 0.2) is 11.9 Å². The number of aliphatic carboxylic acids is 1. The Balaban J connectivity index is 3.24. The van der Waals surface area contributed by atoms with Gasteiger partial charge in [0.05, 0.1) is 12.5 Å². The highest BCUT2D eigenvalue weighted by molar-refractivity contribution is 6.27. The van der Waals surface area contributed by atoms with Gasteiger partial charge in [-0.05, 0) is 11.1 Å². The Bertz CT molecular complexity index is 458. The minimum Gasteiger partial charge on any atom is -0.479 e. The molecule has 0 radical (unpaired) electrons. The lowest BCUT2D eigenvalue weighted by molar-refractivity contribution is -0.147. The Labute approximate surface area is 109 Å². The van der Waals surface area contributed by atoms with E-state index in [1.807, 2.05) is 0 Å². The van der Waals surface area contributed by atoms with E-state index in [-0.39, 0.29) is 29.2 Å². The minimum atomic E-state index is -1.77. The molecule has 0 aromatic heterocycles. The number of carbonyl (C=O) groups excluding carboxylic acids is 1. The van der Waals surface area contributed by atoms with Gasteiger partial charge in [0.25, 0.3) is 0 Å². The van der Waals surface area contributed by atoms with E-state index in [1.54, 1.807) is 6.07 Å². The molecule has 3 N–H and O–H groups in total. The minimum absolute atomic E-state index is 0.0611. The van der Waals surface area contributed by atoms with Crippen LogP contribution in [0.4, 0.5) is 0 Å². The van der Waals surface area contributed by atoms with Crippen LogP contribution < -0.4 is 0 Å². The topological polar surface area (TPSA) is 94.8 Å². The van der Waals surface area contributed by atoms with E-state index in [0.717, 1.165) is 0 Å². The number of hydrogen-bond acceptors (Lipinski definition) is 4. The summed E-state index contributed by atoms with van der Waals surface area (Å²) in [5.41, 5.74) is 0.706. The third-order valence-corrected chi connectivity index (χ3v) is 2.80. The standard InChI is InChI=1S/C12H13ClO5/c13-5-9(15)4-7-2-1-3-8(6-14)10(7)11(16)12(17)18/h1-3,11,14,16H,4-6H2,(H,17,18). The van der Waals surface area contributed by atoms with Crippen molar-refractivity contribution in [1.29, 1.82) is 0 Å². The van der Waals surface area contributed by atoms with Crippen LogP contribution in [0.3, 0.4) is 0 Å². The number of halogens is 1. The number of aliphatic hydroxyl groups is 2. The van der Waals surface area contributed by atoms with Crippen LogP contribution in [0.25, 0.3) is 0 Å². The maximum Gasteiger partial charge on any atom is 0.337 e. The van der Waals surface area contributed by atoms with E-state index >= 15 is 0 Å². The van der Waals surface area contributed by atoms with Crippen molar-refractivity contribution in [3.05, 3.63) is 34.9 Å². The predicted octanol–water partition coefficient (Wildman–Crippen LogP) is 0.647. The summed E-state index contributed by atoms with van der Waals surface area (Å²) in [6, 6.07) is 4.61. The summed E-state index contributed by atoms with van der Waals surface area (Å²) >= 11 is 5.39. The molecule has 0 bridgehead atoms. The van der Waals surface area contributed by atoms with Gasteiger partial charge in [-0.1, -0.05) is 18.2 Å². The molecular formula is C12H13ClO5. The Hall–Kier alpha value is -1.43. The molecule has 1 atom stereocenters. The highest BCUT2D eigenvalue weighted by Crippen LogP contribution is 2.24. The quantitative estimate of drug-likeness (QED) is 0.661. The van der Waals surface area contributed by atoms with E-state index in [2.05, 4.69) is 0 Å². The fourth-order valence-electron chi connectivity index (χ4n) is 1.69. The van der Waals surface area contributed by atoms with Gasteiger partial charge in [-0.15, -0.1) is 11.6 Å².